The van der Waals surface area contributed by atoms with Crippen molar-refractivity contribution in [1.82, 2.24) is 5.32 Å². The van der Waals surface area contributed by atoms with Gasteiger partial charge in [-0.2, -0.15) is 0 Å². The first-order chi connectivity index (χ1) is 11.0. The Morgan fingerprint density at radius 1 is 1.26 bits per heavy atom. The Morgan fingerprint density at radius 2 is 1.96 bits per heavy atom. The Balaban J connectivity index is 2.33. The molecule has 1 atom stereocenters. The van der Waals surface area contributed by atoms with Crippen molar-refractivity contribution in [3.8, 4) is 5.75 Å². The summed E-state index contributed by atoms with van der Waals surface area (Å²) in [5.41, 5.74) is 0. The second-order valence-electron chi connectivity index (χ2n) is 4.88. The first-order valence-electron chi connectivity index (χ1n) is 7.17. The molecule has 2 aromatic rings. The topological polar surface area (TPSA) is 85.6 Å². The van der Waals surface area contributed by atoms with E-state index in [0.29, 0.717) is 5.75 Å². The van der Waals surface area contributed by atoms with Gasteiger partial charge in [0.1, 0.15) is 16.8 Å². The molecule has 0 saturated heterocycles. The second-order valence-corrected chi connectivity index (χ2v) is 7.01. The number of ether oxygens (including phenoxy) is 1. The Labute approximate surface area is 135 Å². The highest BCUT2D eigenvalue weighted by Crippen LogP contribution is 2.29. The number of carbonyl (C=O) groups excluding carboxylic acids is 1. The summed E-state index contributed by atoms with van der Waals surface area (Å²) in [4.78, 5) is 11.6. The summed E-state index contributed by atoms with van der Waals surface area (Å²) >= 11 is 0. The molecule has 1 heterocycles. The number of rotatable bonds is 7. The van der Waals surface area contributed by atoms with Crippen LogP contribution in [0.1, 0.15) is 24.4 Å². The van der Waals surface area contributed by atoms with Gasteiger partial charge in [0, 0.05) is 13.0 Å². The molecule has 7 heteroatoms. The molecule has 0 bridgehead atoms. The number of amides is 1. The van der Waals surface area contributed by atoms with E-state index >= 15 is 0 Å². The van der Waals surface area contributed by atoms with Crippen LogP contribution in [0.25, 0.3) is 0 Å². The molecule has 1 aromatic heterocycles. The number of sulfone groups is 1. The first kappa shape index (κ1) is 17.1. The van der Waals surface area contributed by atoms with Crippen molar-refractivity contribution in [2.45, 2.75) is 23.5 Å². The summed E-state index contributed by atoms with van der Waals surface area (Å²) in [5, 5.41) is 1.63. The van der Waals surface area contributed by atoms with Crippen molar-refractivity contribution in [3.05, 3.63) is 48.4 Å². The lowest BCUT2D eigenvalue weighted by Gasteiger charge is -2.16. The smallest absolute Gasteiger partial charge is 0.219 e. The van der Waals surface area contributed by atoms with Crippen LogP contribution in [0.4, 0.5) is 0 Å². The molecule has 1 amide bonds. The normalized spacial score (nSPS) is 12.6. The van der Waals surface area contributed by atoms with Gasteiger partial charge in [0.2, 0.25) is 5.91 Å². The van der Waals surface area contributed by atoms with E-state index in [2.05, 4.69) is 5.32 Å². The van der Waals surface area contributed by atoms with E-state index in [-0.39, 0.29) is 29.5 Å². The van der Waals surface area contributed by atoms with Crippen molar-refractivity contribution < 1.29 is 22.4 Å². The quantitative estimate of drug-likeness (QED) is 0.838. The molecule has 6 nitrogen and oxygen atoms in total. The Bertz CT molecular complexity index is 735. The Hall–Kier alpha value is -2.28. The Kier molecular flexibility index (Phi) is 5.44. The largest absolute Gasteiger partial charge is 0.497 e. The number of hydrogen-bond acceptors (Lipinski definition) is 5. The van der Waals surface area contributed by atoms with Gasteiger partial charge >= 0.3 is 0 Å². The lowest BCUT2D eigenvalue weighted by atomic mass is 10.3. The molecule has 0 radical (unpaired) electrons. The maximum atomic E-state index is 12.9. The molecule has 0 aliphatic rings. The van der Waals surface area contributed by atoms with Gasteiger partial charge in [-0.15, -0.1) is 0 Å². The molecule has 124 valence electrons. The monoisotopic (exact) mass is 337 g/mol. The summed E-state index contributed by atoms with van der Waals surface area (Å²) in [5.74, 6) is 0.640. The van der Waals surface area contributed by atoms with Crippen LogP contribution in [0.3, 0.4) is 0 Å². The predicted molar refractivity (Wildman–Crippen MR) is 84.9 cm³/mol. The lowest BCUT2D eigenvalue weighted by molar-refractivity contribution is -0.120. The van der Waals surface area contributed by atoms with E-state index in [1.165, 1.54) is 25.5 Å². The zero-order chi connectivity index (χ0) is 16.9. The minimum Gasteiger partial charge on any atom is -0.497 e. The molecule has 23 heavy (non-hydrogen) atoms. The molecule has 0 aliphatic heterocycles. The van der Waals surface area contributed by atoms with E-state index in [1.807, 2.05) is 0 Å². The van der Waals surface area contributed by atoms with Crippen LogP contribution in [-0.2, 0) is 14.6 Å². The van der Waals surface area contributed by atoms with E-state index in [0.717, 1.165) is 0 Å². The standard InChI is InChI=1S/C16H19NO5S/c1-3-16(18)17-11-15(14-5-4-10-22-14)23(19,20)13-8-6-12(21-2)7-9-13/h4-10,15H,3,11H2,1-2H3,(H,17,18). The summed E-state index contributed by atoms with van der Waals surface area (Å²) in [6.45, 7) is 1.66. The van der Waals surface area contributed by atoms with Crippen molar-refractivity contribution in [1.29, 1.82) is 0 Å². The van der Waals surface area contributed by atoms with Gasteiger partial charge in [-0.1, -0.05) is 6.92 Å². The van der Waals surface area contributed by atoms with Crippen molar-refractivity contribution >= 4 is 15.7 Å². The zero-order valence-corrected chi connectivity index (χ0v) is 13.8. The van der Waals surface area contributed by atoms with Crippen LogP contribution in [-0.4, -0.2) is 28.0 Å². The minimum atomic E-state index is -3.72. The maximum absolute atomic E-state index is 12.9. The molecule has 2 rings (SSSR count). The highest BCUT2D eigenvalue weighted by molar-refractivity contribution is 7.91. The molecule has 0 fully saturated rings. The number of benzene rings is 1. The van der Waals surface area contributed by atoms with Crippen molar-refractivity contribution in [2.75, 3.05) is 13.7 Å². The molecule has 1 N–H and O–H groups in total. The Morgan fingerprint density at radius 3 is 2.48 bits per heavy atom. The van der Waals surface area contributed by atoms with Gasteiger partial charge in [-0.25, -0.2) is 8.42 Å². The lowest BCUT2D eigenvalue weighted by Crippen LogP contribution is -2.31. The fourth-order valence-corrected chi connectivity index (χ4v) is 3.69. The highest BCUT2D eigenvalue weighted by Gasteiger charge is 2.31. The molecular weight excluding hydrogens is 318 g/mol. The van der Waals surface area contributed by atoms with E-state index < -0.39 is 15.1 Å². The maximum Gasteiger partial charge on any atom is 0.219 e. The fourth-order valence-electron chi connectivity index (χ4n) is 2.10. The van der Waals surface area contributed by atoms with Crippen molar-refractivity contribution in [2.24, 2.45) is 0 Å². The summed E-state index contributed by atoms with van der Waals surface area (Å²) in [6, 6.07) is 9.32. The SMILES string of the molecule is CCC(=O)NCC(c1ccco1)S(=O)(=O)c1ccc(OC)cc1. The first-order valence-corrected chi connectivity index (χ1v) is 8.71. The number of hydrogen-bond donors (Lipinski definition) is 1. The average Bonchev–Trinajstić information content (AvgIpc) is 3.08. The average molecular weight is 337 g/mol. The summed E-state index contributed by atoms with van der Waals surface area (Å²) < 4.78 is 36.1. The van der Waals surface area contributed by atoms with Crippen molar-refractivity contribution in [3.63, 3.8) is 0 Å². The molecular formula is C16H19NO5S. The fraction of sp³-hybridized carbons (Fsp3) is 0.312. The van der Waals surface area contributed by atoms with Gasteiger partial charge in [-0.3, -0.25) is 4.79 Å². The predicted octanol–water partition coefficient (Wildman–Crippen LogP) is 2.33. The highest BCUT2D eigenvalue weighted by atomic mass is 32.2. The third-order valence-electron chi connectivity index (χ3n) is 3.43. The van der Waals surface area contributed by atoms with Crippen LogP contribution in [0, 0.1) is 0 Å². The number of methoxy groups -OCH3 is 1. The van der Waals surface area contributed by atoms with E-state index in [4.69, 9.17) is 9.15 Å². The van der Waals surface area contributed by atoms with Gasteiger partial charge < -0.3 is 14.5 Å². The molecule has 0 saturated carbocycles. The third-order valence-corrected chi connectivity index (χ3v) is 5.51. The molecule has 0 aliphatic carbocycles. The van der Waals surface area contributed by atoms with Gasteiger partial charge in [0.05, 0.1) is 18.3 Å². The van der Waals surface area contributed by atoms with Gasteiger partial charge in [-0.05, 0) is 36.4 Å². The molecule has 1 aromatic carbocycles. The molecule has 0 spiro atoms. The summed E-state index contributed by atoms with van der Waals surface area (Å²) in [7, 11) is -2.21. The minimum absolute atomic E-state index is 0.0471. The second kappa shape index (κ2) is 7.32. The molecule has 1 unspecified atom stereocenters. The van der Waals surface area contributed by atoms with E-state index in [9.17, 15) is 13.2 Å². The van der Waals surface area contributed by atoms with Crippen LogP contribution < -0.4 is 10.1 Å². The van der Waals surface area contributed by atoms with Gasteiger partial charge in [0.25, 0.3) is 0 Å². The van der Waals surface area contributed by atoms with Crippen LogP contribution in [0.2, 0.25) is 0 Å². The number of carbonyl (C=O) groups is 1. The van der Waals surface area contributed by atoms with Gasteiger partial charge in [0.15, 0.2) is 9.84 Å². The van der Waals surface area contributed by atoms with Crippen LogP contribution in [0.5, 0.6) is 5.75 Å². The van der Waals surface area contributed by atoms with E-state index in [1.54, 1.807) is 31.2 Å². The van der Waals surface area contributed by atoms with Crippen LogP contribution in [0.15, 0.2) is 52.0 Å². The number of furan rings is 1. The number of nitrogens with one attached hydrogen (secondary N) is 1. The van der Waals surface area contributed by atoms with Crippen LogP contribution >= 0.6 is 0 Å². The third kappa shape index (κ3) is 3.92. The summed E-state index contributed by atoms with van der Waals surface area (Å²) in [6.07, 6.45) is 1.70. The zero-order valence-electron chi connectivity index (χ0n) is 13.0.